The van der Waals surface area contributed by atoms with Crippen molar-refractivity contribution in [2.24, 2.45) is 11.7 Å². The minimum Gasteiger partial charge on any atom is -0.329 e. The highest BCUT2D eigenvalue weighted by molar-refractivity contribution is 7.89. The third kappa shape index (κ3) is 2.48. The minimum absolute atomic E-state index is 0.0970. The molecule has 5 nitrogen and oxygen atoms in total. The Kier molecular flexibility index (Phi) is 3.46. The SMILES string of the molecule is CN(C(CN)C1CC1)S(=O)(=O)c1cccnc1. The average molecular weight is 255 g/mol. The lowest BCUT2D eigenvalue weighted by molar-refractivity contribution is 0.340. The molecule has 17 heavy (non-hydrogen) atoms. The van der Waals surface area contributed by atoms with E-state index in [4.69, 9.17) is 5.73 Å². The van der Waals surface area contributed by atoms with Crippen molar-refractivity contribution < 1.29 is 8.42 Å². The van der Waals surface area contributed by atoms with E-state index in [0.29, 0.717) is 12.5 Å². The number of rotatable bonds is 5. The van der Waals surface area contributed by atoms with E-state index in [-0.39, 0.29) is 10.9 Å². The molecule has 1 heterocycles. The largest absolute Gasteiger partial charge is 0.329 e. The number of likely N-dealkylation sites (N-methyl/N-ethyl adjacent to an activating group) is 1. The highest BCUT2D eigenvalue weighted by atomic mass is 32.2. The van der Waals surface area contributed by atoms with Crippen LogP contribution in [0.2, 0.25) is 0 Å². The van der Waals surface area contributed by atoms with E-state index in [9.17, 15) is 8.42 Å². The zero-order valence-corrected chi connectivity index (χ0v) is 10.6. The maximum absolute atomic E-state index is 12.3. The number of nitrogens with zero attached hydrogens (tertiary/aromatic N) is 2. The Morgan fingerprint density at radius 1 is 1.59 bits per heavy atom. The summed E-state index contributed by atoms with van der Waals surface area (Å²) in [6.07, 6.45) is 5.05. The fourth-order valence-electron chi connectivity index (χ4n) is 1.96. The molecule has 1 aliphatic carbocycles. The van der Waals surface area contributed by atoms with Gasteiger partial charge in [-0.2, -0.15) is 4.31 Å². The number of sulfonamides is 1. The van der Waals surface area contributed by atoms with Gasteiger partial charge in [0.1, 0.15) is 4.90 Å². The molecule has 0 saturated heterocycles. The molecule has 2 N–H and O–H groups in total. The van der Waals surface area contributed by atoms with Crippen molar-refractivity contribution in [1.29, 1.82) is 0 Å². The monoisotopic (exact) mass is 255 g/mol. The second kappa shape index (κ2) is 4.72. The van der Waals surface area contributed by atoms with E-state index >= 15 is 0 Å². The third-order valence-corrected chi connectivity index (χ3v) is 5.05. The first kappa shape index (κ1) is 12.5. The summed E-state index contributed by atoms with van der Waals surface area (Å²) in [5.41, 5.74) is 5.67. The van der Waals surface area contributed by atoms with Gasteiger partial charge in [-0.15, -0.1) is 0 Å². The molecule has 0 amide bonds. The van der Waals surface area contributed by atoms with Crippen molar-refractivity contribution in [1.82, 2.24) is 9.29 Å². The van der Waals surface area contributed by atoms with E-state index in [0.717, 1.165) is 12.8 Å². The van der Waals surface area contributed by atoms with Gasteiger partial charge >= 0.3 is 0 Å². The van der Waals surface area contributed by atoms with Gasteiger partial charge in [0.15, 0.2) is 0 Å². The Morgan fingerprint density at radius 2 is 2.29 bits per heavy atom. The summed E-state index contributed by atoms with van der Waals surface area (Å²) >= 11 is 0. The highest BCUT2D eigenvalue weighted by Crippen LogP contribution is 2.36. The molecule has 1 unspecified atom stereocenters. The highest BCUT2D eigenvalue weighted by Gasteiger charge is 2.38. The number of nitrogens with two attached hydrogens (primary N) is 1. The molecular weight excluding hydrogens is 238 g/mol. The van der Waals surface area contributed by atoms with Crippen LogP contribution in [-0.4, -0.2) is 37.3 Å². The van der Waals surface area contributed by atoms with Crippen molar-refractivity contribution in [3.05, 3.63) is 24.5 Å². The van der Waals surface area contributed by atoms with E-state index in [1.807, 2.05) is 0 Å². The van der Waals surface area contributed by atoms with Gasteiger partial charge in [0.05, 0.1) is 0 Å². The van der Waals surface area contributed by atoms with Crippen LogP contribution in [0.15, 0.2) is 29.4 Å². The molecule has 1 saturated carbocycles. The summed E-state index contributed by atoms with van der Waals surface area (Å²) in [4.78, 5) is 4.07. The molecule has 0 bridgehead atoms. The zero-order chi connectivity index (χ0) is 12.5. The first-order chi connectivity index (χ1) is 8.07. The molecule has 2 rings (SSSR count). The van der Waals surface area contributed by atoms with Crippen LogP contribution in [0.5, 0.6) is 0 Å². The van der Waals surface area contributed by atoms with Crippen LogP contribution in [0.1, 0.15) is 12.8 Å². The van der Waals surface area contributed by atoms with Gasteiger partial charge in [-0.3, -0.25) is 4.98 Å². The van der Waals surface area contributed by atoms with Crippen LogP contribution in [0.3, 0.4) is 0 Å². The summed E-state index contributed by atoms with van der Waals surface area (Å²) in [6, 6.07) is 3.08. The Morgan fingerprint density at radius 3 is 2.76 bits per heavy atom. The Balaban J connectivity index is 2.26. The quantitative estimate of drug-likeness (QED) is 0.828. The molecule has 0 aromatic carbocycles. The molecule has 0 aliphatic heterocycles. The van der Waals surface area contributed by atoms with Crippen LogP contribution in [0.25, 0.3) is 0 Å². The Bertz CT molecular complexity index is 471. The van der Waals surface area contributed by atoms with Gasteiger partial charge < -0.3 is 5.73 Å². The van der Waals surface area contributed by atoms with Gasteiger partial charge in [0, 0.05) is 32.0 Å². The van der Waals surface area contributed by atoms with Crippen LogP contribution in [0.4, 0.5) is 0 Å². The summed E-state index contributed by atoms with van der Waals surface area (Å²) in [6.45, 7) is 0.362. The van der Waals surface area contributed by atoms with E-state index in [1.165, 1.54) is 10.5 Å². The normalized spacial score (nSPS) is 18.3. The topological polar surface area (TPSA) is 76.3 Å². The number of aromatic nitrogens is 1. The van der Waals surface area contributed by atoms with Gasteiger partial charge in [0.25, 0.3) is 0 Å². The molecule has 0 radical (unpaired) electrons. The summed E-state index contributed by atoms with van der Waals surface area (Å²) < 4.78 is 26.0. The molecule has 0 spiro atoms. The molecule has 94 valence electrons. The van der Waals surface area contributed by atoms with Gasteiger partial charge in [-0.05, 0) is 30.9 Å². The number of pyridine rings is 1. The predicted molar refractivity (Wildman–Crippen MR) is 64.8 cm³/mol. The maximum atomic E-state index is 12.3. The fraction of sp³-hybridized carbons (Fsp3) is 0.545. The molecule has 6 heteroatoms. The van der Waals surface area contributed by atoms with E-state index < -0.39 is 10.0 Å². The van der Waals surface area contributed by atoms with Crippen LogP contribution >= 0.6 is 0 Å². The lowest BCUT2D eigenvalue weighted by Gasteiger charge is -2.26. The van der Waals surface area contributed by atoms with Gasteiger partial charge in [-0.1, -0.05) is 0 Å². The van der Waals surface area contributed by atoms with Gasteiger partial charge in [-0.25, -0.2) is 8.42 Å². The van der Waals surface area contributed by atoms with Crippen molar-refractivity contribution >= 4 is 10.0 Å². The van der Waals surface area contributed by atoms with E-state index in [2.05, 4.69) is 4.98 Å². The van der Waals surface area contributed by atoms with Crippen LogP contribution < -0.4 is 5.73 Å². The van der Waals surface area contributed by atoms with E-state index in [1.54, 1.807) is 25.4 Å². The lowest BCUT2D eigenvalue weighted by Crippen LogP contribution is -2.43. The minimum atomic E-state index is -3.46. The zero-order valence-electron chi connectivity index (χ0n) is 9.78. The van der Waals surface area contributed by atoms with Crippen molar-refractivity contribution in [3.8, 4) is 0 Å². The third-order valence-electron chi connectivity index (χ3n) is 3.19. The molecule has 1 aromatic heterocycles. The number of hydrogen-bond acceptors (Lipinski definition) is 4. The lowest BCUT2D eigenvalue weighted by atomic mass is 10.2. The van der Waals surface area contributed by atoms with Crippen LogP contribution in [-0.2, 0) is 10.0 Å². The van der Waals surface area contributed by atoms with Crippen molar-refractivity contribution in [2.75, 3.05) is 13.6 Å². The Hall–Kier alpha value is -0.980. The predicted octanol–water partition coefficient (Wildman–Crippen LogP) is 0.439. The summed E-state index contributed by atoms with van der Waals surface area (Å²) in [7, 11) is -1.87. The molecular formula is C11H17N3O2S. The fourth-order valence-corrected chi connectivity index (χ4v) is 3.35. The second-order valence-corrected chi connectivity index (χ2v) is 6.35. The van der Waals surface area contributed by atoms with Crippen molar-refractivity contribution in [3.63, 3.8) is 0 Å². The molecule has 1 aromatic rings. The van der Waals surface area contributed by atoms with Crippen LogP contribution in [0, 0.1) is 5.92 Å². The first-order valence-electron chi connectivity index (χ1n) is 5.65. The Labute approximate surface area is 102 Å². The second-order valence-electron chi connectivity index (χ2n) is 4.35. The molecule has 1 fully saturated rings. The summed E-state index contributed by atoms with van der Waals surface area (Å²) in [5.74, 6) is 0.413. The smallest absolute Gasteiger partial charge is 0.244 e. The maximum Gasteiger partial charge on any atom is 0.244 e. The summed E-state index contributed by atoms with van der Waals surface area (Å²) in [5, 5.41) is 0. The average Bonchev–Trinajstić information content (AvgIpc) is 3.15. The van der Waals surface area contributed by atoms with Gasteiger partial charge in [0.2, 0.25) is 10.0 Å². The standard InChI is InChI=1S/C11H17N3O2S/c1-14(11(7-12)9-4-5-9)17(15,16)10-3-2-6-13-8-10/h2-3,6,8-9,11H,4-5,7,12H2,1H3. The molecule has 1 atom stereocenters. The number of hydrogen-bond donors (Lipinski definition) is 1. The van der Waals surface area contributed by atoms with Crippen molar-refractivity contribution in [2.45, 2.75) is 23.8 Å². The molecule has 1 aliphatic rings. The first-order valence-corrected chi connectivity index (χ1v) is 7.09.